The molecular formula is C14H18N4O2. The number of nitrogens with zero attached hydrogens (tertiary/aromatic N) is 3. The van der Waals surface area contributed by atoms with E-state index in [2.05, 4.69) is 10.1 Å². The third-order valence-electron chi connectivity index (χ3n) is 2.95. The lowest BCUT2D eigenvalue weighted by molar-refractivity contribution is 0.0526. The highest BCUT2D eigenvalue weighted by Crippen LogP contribution is 2.19. The minimum Gasteiger partial charge on any atom is -0.462 e. The van der Waals surface area contributed by atoms with E-state index in [4.69, 9.17) is 10.5 Å². The molecule has 0 radical (unpaired) electrons. The van der Waals surface area contributed by atoms with Crippen molar-refractivity contribution in [2.75, 3.05) is 12.3 Å². The fourth-order valence-corrected chi connectivity index (χ4v) is 2.08. The van der Waals surface area contributed by atoms with Crippen LogP contribution < -0.4 is 5.73 Å². The van der Waals surface area contributed by atoms with Crippen molar-refractivity contribution in [3.05, 3.63) is 41.0 Å². The van der Waals surface area contributed by atoms with Gasteiger partial charge in [0.15, 0.2) is 0 Å². The Labute approximate surface area is 117 Å². The van der Waals surface area contributed by atoms with E-state index >= 15 is 0 Å². The number of aryl methyl sites for hydroxylation is 2. The molecule has 0 fully saturated rings. The molecule has 2 N–H and O–H groups in total. The van der Waals surface area contributed by atoms with E-state index in [9.17, 15) is 4.79 Å². The summed E-state index contributed by atoms with van der Waals surface area (Å²) in [6, 6.07) is 5.35. The quantitative estimate of drug-likeness (QED) is 0.677. The molecule has 0 saturated carbocycles. The van der Waals surface area contributed by atoms with Crippen LogP contribution in [-0.2, 0) is 11.3 Å². The molecule has 0 atom stereocenters. The third kappa shape index (κ3) is 2.79. The maximum atomic E-state index is 12.0. The molecule has 1 aromatic heterocycles. The number of aromatic nitrogens is 3. The first kappa shape index (κ1) is 14.0. The molecule has 2 aromatic rings. The molecule has 0 unspecified atom stereocenters. The van der Waals surface area contributed by atoms with E-state index in [0.29, 0.717) is 30.2 Å². The Morgan fingerprint density at radius 2 is 2.15 bits per heavy atom. The first-order chi connectivity index (χ1) is 9.52. The number of rotatable bonds is 4. The predicted molar refractivity (Wildman–Crippen MR) is 75.4 cm³/mol. The van der Waals surface area contributed by atoms with Gasteiger partial charge in [0.2, 0.25) is 0 Å². The third-order valence-corrected chi connectivity index (χ3v) is 2.95. The number of ether oxygens (including phenoxy) is 1. The summed E-state index contributed by atoms with van der Waals surface area (Å²) >= 11 is 0. The van der Waals surface area contributed by atoms with Gasteiger partial charge >= 0.3 is 5.97 Å². The summed E-state index contributed by atoms with van der Waals surface area (Å²) in [4.78, 5) is 16.3. The van der Waals surface area contributed by atoms with Gasteiger partial charge in [-0.15, -0.1) is 0 Å². The number of nitrogens with two attached hydrogens (primary N) is 1. The van der Waals surface area contributed by atoms with Gasteiger partial charge in [0, 0.05) is 5.69 Å². The number of hydrogen-bond acceptors (Lipinski definition) is 5. The highest BCUT2D eigenvalue weighted by molar-refractivity contribution is 5.96. The zero-order valence-electron chi connectivity index (χ0n) is 11.9. The average Bonchev–Trinajstić information content (AvgIpc) is 2.68. The van der Waals surface area contributed by atoms with Gasteiger partial charge in [-0.25, -0.2) is 14.5 Å². The number of benzene rings is 1. The van der Waals surface area contributed by atoms with Crippen molar-refractivity contribution < 1.29 is 9.53 Å². The van der Waals surface area contributed by atoms with E-state index in [0.717, 1.165) is 11.4 Å². The van der Waals surface area contributed by atoms with Crippen molar-refractivity contribution >= 4 is 11.7 Å². The van der Waals surface area contributed by atoms with Gasteiger partial charge in [-0.05, 0) is 32.4 Å². The van der Waals surface area contributed by atoms with Crippen LogP contribution in [0.2, 0.25) is 0 Å². The zero-order valence-corrected chi connectivity index (χ0v) is 11.9. The smallest absolute Gasteiger partial charge is 0.340 e. The molecule has 1 heterocycles. The van der Waals surface area contributed by atoms with Crippen molar-refractivity contribution in [3.63, 3.8) is 0 Å². The van der Waals surface area contributed by atoms with Crippen LogP contribution in [0.3, 0.4) is 0 Å². The Hall–Kier alpha value is -2.37. The lowest BCUT2D eigenvalue weighted by Gasteiger charge is -2.11. The molecule has 6 heteroatoms. The Bertz CT molecular complexity index is 634. The highest BCUT2D eigenvalue weighted by atomic mass is 16.5. The SMILES string of the molecule is CCOC(=O)c1c(N)cccc1Cn1nc(C)nc1C. The maximum Gasteiger partial charge on any atom is 0.340 e. The standard InChI is InChI=1S/C14H18N4O2/c1-4-20-14(19)13-11(6-5-7-12(13)15)8-18-10(3)16-9(2)17-18/h5-7H,4,8,15H2,1-3H3. The van der Waals surface area contributed by atoms with Crippen LogP contribution in [0, 0.1) is 13.8 Å². The molecular weight excluding hydrogens is 256 g/mol. The van der Waals surface area contributed by atoms with Gasteiger partial charge in [-0.2, -0.15) is 5.10 Å². The summed E-state index contributed by atoms with van der Waals surface area (Å²) in [5, 5.41) is 4.29. The minimum absolute atomic E-state index is 0.314. The first-order valence-corrected chi connectivity index (χ1v) is 6.45. The summed E-state index contributed by atoms with van der Waals surface area (Å²) in [5.74, 6) is 1.08. The van der Waals surface area contributed by atoms with Gasteiger partial charge in [0.1, 0.15) is 11.6 Å². The summed E-state index contributed by atoms with van der Waals surface area (Å²) in [5.41, 5.74) is 7.49. The Kier molecular flexibility index (Phi) is 4.02. The Balaban J connectivity index is 2.39. The number of carbonyl (C=O) groups excluding carboxylic acids is 1. The van der Waals surface area contributed by atoms with Crippen molar-refractivity contribution in [2.45, 2.75) is 27.3 Å². The zero-order chi connectivity index (χ0) is 14.7. The number of carbonyl (C=O) groups is 1. The van der Waals surface area contributed by atoms with Crippen molar-refractivity contribution in [2.24, 2.45) is 0 Å². The van der Waals surface area contributed by atoms with Gasteiger partial charge < -0.3 is 10.5 Å². The van der Waals surface area contributed by atoms with Crippen LogP contribution in [0.4, 0.5) is 5.69 Å². The molecule has 106 valence electrons. The molecule has 1 aromatic carbocycles. The van der Waals surface area contributed by atoms with Gasteiger partial charge in [0.05, 0.1) is 18.7 Å². The van der Waals surface area contributed by atoms with Crippen LogP contribution in [0.25, 0.3) is 0 Å². The van der Waals surface area contributed by atoms with E-state index in [1.165, 1.54) is 0 Å². The minimum atomic E-state index is -0.407. The molecule has 6 nitrogen and oxygen atoms in total. The number of nitrogen functional groups attached to an aromatic ring is 1. The lowest BCUT2D eigenvalue weighted by atomic mass is 10.1. The number of hydrogen-bond donors (Lipinski definition) is 1. The van der Waals surface area contributed by atoms with Crippen LogP contribution in [0.1, 0.15) is 34.5 Å². The molecule has 20 heavy (non-hydrogen) atoms. The first-order valence-electron chi connectivity index (χ1n) is 6.45. The number of anilines is 1. The van der Waals surface area contributed by atoms with Gasteiger partial charge in [-0.3, -0.25) is 0 Å². The second-order valence-corrected chi connectivity index (χ2v) is 4.47. The molecule has 0 spiro atoms. The molecule has 0 aliphatic heterocycles. The second kappa shape index (κ2) is 5.73. The highest BCUT2D eigenvalue weighted by Gasteiger charge is 2.17. The molecule has 0 aliphatic carbocycles. The van der Waals surface area contributed by atoms with Crippen LogP contribution in [0.15, 0.2) is 18.2 Å². The molecule has 2 rings (SSSR count). The van der Waals surface area contributed by atoms with Crippen molar-refractivity contribution in [1.29, 1.82) is 0 Å². The number of esters is 1. The molecule has 0 amide bonds. The Morgan fingerprint density at radius 3 is 2.75 bits per heavy atom. The van der Waals surface area contributed by atoms with E-state index in [1.54, 1.807) is 17.7 Å². The summed E-state index contributed by atoms with van der Waals surface area (Å²) in [6.07, 6.45) is 0. The van der Waals surface area contributed by atoms with E-state index in [1.807, 2.05) is 26.0 Å². The van der Waals surface area contributed by atoms with E-state index in [-0.39, 0.29) is 0 Å². The topological polar surface area (TPSA) is 83.0 Å². The van der Waals surface area contributed by atoms with Crippen LogP contribution >= 0.6 is 0 Å². The molecule has 0 saturated heterocycles. The van der Waals surface area contributed by atoms with Crippen molar-refractivity contribution in [3.8, 4) is 0 Å². The fourth-order valence-electron chi connectivity index (χ4n) is 2.08. The summed E-state index contributed by atoms with van der Waals surface area (Å²) in [7, 11) is 0. The second-order valence-electron chi connectivity index (χ2n) is 4.47. The normalized spacial score (nSPS) is 10.6. The Morgan fingerprint density at radius 1 is 1.40 bits per heavy atom. The maximum absolute atomic E-state index is 12.0. The summed E-state index contributed by atoms with van der Waals surface area (Å²) < 4.78 is 6.80. The van der Waals surface area contributed by atoms with Crippen LogP contribution in [-0.4, -0.2) is 27.3 Å². The van der Waals surface area contributed by atoms with Gasteiger partial charge in [-0.1, -0.05) is 12.1 Å². The largest absolute Gasteiger partial charge is 0.462 e. The monoisotopic (exact) mass is 274 g/mol. The molecule has 0 bridgehead atoms. The average molecular weight is 274 g/mol. The lowest BCUT2D eigenvalue weighted by Crippen LogP contribution is -2.14. The molecule has 0 aliphatic rings. The van der Waals surface area contributed by atoms with E-state index < -0.39 is 5.97 Å². The van der Waals surface area contributed by atoms with Crippen molar-refractivity contribution in [1.82, 2.24) is 14.8 Å². The van der Waals surface area contributed by atoms with Crippen LogP contribution in [0.5, 0.6) is 0 Å². The fraction of sp³-hybridized carbons (Fsp3) is 0.357. The summed E-state index contributed by atoms with van der Waals surface area (Å²) in [6.45, 7) is 6.22. The van der Waals surface area contributed by atoms with Gasteiger partial charge in [0.25, 0.3) is 0 Å². The predicted octanol–water partition coefficient (Wildman–Crippen LogP) is 1.70.